The number of nitrogens with one attached hydrogen (secondary N) is 1. The number of carboxylic acids is 1. The Morgan fingerprint density at radius 2 is 1.97 bits per heavy atom. The van der Waals surface area contributed by atoms with E-state index >= 15 is 0 Å². The summed E-state index contributed by atoms with van der Waals surface area (Å²) < 4.78 is 25.2. The summed E-state index contributed by atoms with van der Waals surface area (Å²) in [6.07, 6.45) is 5.61. The second-order valence-electron chi connectivity index (χ2n) is 9.04. The molecule has 1 unspecified atom stereocenters. The highest BCUT2D eigenvalue weighted by molar-refractivity contribution is 7.11. The highest BCUT2D eigenvalue weighted by Gasteiger charge is 2.38. The van der Waals surface area contributed by atoms with E-state index in [4.69, 9.17) is 19.3 Å². The molecule has 0 bridgehead atoms. The molecule has 3 aromatic rings. The Kier molecular flexibility index (Phi) is 6.88. The van der Waals surface area contributed by atoms with Crippen LogP contribution in [0, 0.1) is 18.7 Å². The molecule has 2 aromatic heterocycles. The Balaban J connectivity index is 1.52. The summed E-state index contributed by atoms with van der Waals surface area (Å²) in [5.41, 5.74) is 1.93. The largest absolute Gasteiger partial charge is 0.476 e. The number of allylic oxidation sites excluding steroid dienone is 1. The van der Waals surface area contributed by atoms with Crippen LogP contribution in [0.3, 0.4) is 0 Å². The predicted molar refractivity (Wildman–Crippen MR) is 133 cm³/mol. The number of rotatable bonds is 6. The number of hydrogen-bond donors (Lipinski definition) is 2. The zero-order valence-corrected chi connectivity index (χ0v) is 21.0. The number of aliphatic imine (C=N–C) groups is 1. The lowest BCUT2D eigenvalue weighted by Crippen LogP contribution is -2.37. The molecule has 37 heavy (non-hydrogen) atoms. The normalized spacial score (nSPS) is 21.8. The van der Waals surface area contributed by atoms with Crippen LogP contribution in [0.1, 0.15) is 70.2 Å². The van der Waals surface area contributed by atoms with E-state index in [-0.39, 0.29) is 23.3 Å². The van der Waals surface area contributed by atoms with Crippen molar-refractivity contribution >= 4 is 29.1 Å². The predicted octanol–water partition coefficient (Wildman–Crippen LogP) is 4.77. The minimum atomic E-state index is -1.13. The molecule has 5 rings (SSSR count). The Morgan fingerprint density at radius 3 is 2.62 bits per heavy atom. The van der Waals surface area contributed by atoms with Crippen LogP contribution < -0.4 is 5.32 Å². The fraction of sp³-hybridized carbons (Fsp3) is 0.346. The number of carbonyl (C=O) groups is 2. The summed E-state index contributed by atoms with van der Waals surface area (Å²) in [5.74, 6) is -1.17. The third-order valence-corrected chi connectivity index (χ3v) is 7.72. The number of methoxy groups -OCH3 is 1. The second kappa shape index (κ2) is 10.3. The van der Waals surface area contributed by atoms with E-state index in [1.807, 2.05) is 5.38 Å². The Hall–Kier alpha value is -3.86. The second-order valence-corrected chi connectivity index (χ2v) is 9.93. The Bertz CT molecular complexity index is 1390. The molecule has 9 nitrogen and oxygen atoms in total. The van der Waals surface area contributed by atoms with Crippen molar-refractivity contribution in [3.8, 4) is 0 Å². The number of nitrogens with zero attached hydrogens (tertiary/aromatic N) is 3. The molecule has 1 aromatic carbocycles. The van der Waals surface area contributed by atoms with Crippen LogP contribution in [-0.4, -0.2) is 40.0 Å². The number of amidine groups is 1. The van der Waals surface area contributed by atoms with Crippen LogP contribution in [-0.2, 0) is 9.53 Å². The minimum Gasteiger partial charge on any atom is -0.476 e. The van der Waals surface area contributed by atoms with Gasteiger partial charge in [0, 0.05) is 23.2 Å². The number of carbonyl (C=O) groups excluding carboxylic acids is 1. The van der Waals surface area contributed by atoms with Crippen LogP contribution >= 0.6 is 11.3 Å². The van der Waals surface area contributed by atoms with Crippen molar-refractivity contribution in [2.45, 2.75) is 44.6 Å². The maximum absolute atomic E-state index is 14.6. The standard InChI is InChI=1S/C26H25FN4O5S/c1-13-16(4-3-5-17(13)27)21-19(26(34)35-2)20(30-22(31-21)24-28-10-11-37-24)14-6-8-15(9-7-14)23-29-18(12-36-23)25(32)33/h3-5,10-12,14-15,21H,6-9H2,1-2H3,(H,30,31)(H,32,33). The highest BCUT2D eigenvalue weighted by atomic mass is 32.1. The monoisotopic (exact) mass is 524 g/mol. The summed E-state index contributed by atoms with van der Waals surface area (Å²) in [5, 5.41) is 15.0. The number of halogens is 1. The molecule has 0 spiro atoms. The molecule has 0 saturated heterocycles. The summed E-state index contributed by atoms with van der Waals surface area (Å²) in [7, 11) is 1.32. The third kappa shape index (κ3) is 4.78. The zero-order valence-electron chi connectivity index (χ0n) is 20.2. The molecule has 2 aliphatic rings. The topological polar surface area (TPSA) is 127 Å². The van der Waals surface area contributed by atoms with E-state index in [0.29, 0.717) is 64.8 Å². The van der Waals surface area contributed by atoms with E-state index in [9.17, 15) is 14.0 Å². The first-order valence-corrected chi connectivity index (χ1v) is 12.8. The quantitative estimate of drug-likeness (QED) is 0.442. The fourth-order valence-electron chi connectivity index (χ4n) is 5.02. The molecule has 0 amide bonds. The highest BCUT2D eigenvalue weighted by Crippen LogP contribution is 2.43. The lowest BCUT2D eigenvalue weighted by Gasteiger charge is -2.34. The number of benzene rings is 1. The lowest BCUT2D eigenvalue weighted by molar-refractivity contribution is -0.136. The van der Waals surface area contributed by atoms with E-state index in [1.165, 1.54) is 24.5 Å². The van der Waals surface area contributed by atoms with Gasteiger partial charge in [0.25, 0.3) is 0 Å². The van der Waals surface area contributed by atoms with Crippen molar-refractivity contribution < 1.29 is 28.2 Å². The molecule has 192 valence electrons. The molecule has 1 aliphatic heterocycles. The first kappa shape index (κ1) is 24.8. The summed E-state index contributed by atoms with van der Waals surface area (Å²) >= 11 is 1.41. The van der Waals surface area contributed by atoms with Crippen molar-refractivity contribution in [1.82, 2.24) is 15.3 Å². The van der Waals surface area contributed by atoms with Crippen LogP contribution in [0.25, 0.3) is 0 Å². The Labute approximate surface area is 216 Å². The number of esters is 1. The molecule has 2 N–H and O–H groups in total. The molecule has 11 heteroatoms. The molecule has 1 atom stereocenters. The number of thiazole rings is 1. The average molecular weight is 525 g/mol. The van der Waals surface area contributed by atoms with Crippen molar-refractivity contribution in [3.63, 3.8) is 0 Å². The van der Waals surface area contributed by atoms with Gasteiger partial charge in [-0.1, -0.05) is 12.1 Å². The molecule has 0 radical (unpaired) electrons. The lowest BCUT2D eigenvalue weighted by atomic mass is 9.77. The summed E-state index contributed by atoms with van der Waals surface area (Å²) in [6, 6.07) is 4.01. The van der Waals surface area contributed by atoms with Gasteiger partial charge in [0.1, 0.15) is 18.1 Å². The van der Waals surface area contributed by atoms with Gasteiger partial charge in [0.05, 0.1) is 12.7 Å². The van der Waals surface area contributed by atoms with Crippen molar-refractivity contribution in [3.05, 3.63) is 80.8 Å². The zero-order chi connectivity index (χ0) is 26.1. The Morgan fingerprint density at radius 1 is 1.22 bits per heavy atom. The number of aromatic carboxylic acids is 1. The molecular weight excluding hydrogens is 499 g/mol. The average Bonchev–Trinajstić information content (AvgIpc) is 3.62. The van der Waals surface area contributed by atoms with Crippen LogP contribution in [0.4, 0.5) is 4.39 Å². The smallest absolute Gasteiger partial charge is 0.357 e. The van der Waals surface area contributed by atoms with Gasteiger partial charge in [-0.15, -0.1) is 11.3 Å². The van der Waals surface area contributed by atoms with Gasteiger partial charge >= 0.3 is 11.9 Å². The number of oxazole rings is 1. The molecule has 1 fully saturated rings. The van der Waals surface area contributed by atoms with E-state index in [1.54, 1.807) is 25.3 Å². The summed E-state index contributed by atoms with van der Waals surface area (Å²) in [4.78, 5) is 37.7. The molecule has 1 aliphatic carbocycles. The molecule has 3 heterocycles. The maximum Gasteiger partial charge on any atom is 0.357 e. The van der Waals surface area contributed by atoms with Crippen LogP contribution in [0.2, 0.25) is 0 Å². The number of aromatic nitrogens is 2. The van der Waals surface area contributed by atoms with Gasteiger partial charge in [-0.3, -0.25) is 4.99 Å². The SMILES string of the molecule is COC(=O)C1=C(C2CCC(c3nc(C(=O)O)co3)CC2)NC(c2nccs2)=NC1c1cccc(F)c1C. The van der Waals surface area contributed by atoms with Gasteiger partial charge in [0.15, 0.2) is 22.4 Å². The first-order valence-electron chi connectivity index (χ1n) is 11.9. The van der Waals surface area contributed by atoms with E-state index < -0.39 is 18.0 Å². The number of ether oxygens (including phenoxy) is 1. The van der Waals surface area contributed by atoms with Crippen molar-refractivity contribution in [2.24, 2.45) is 10.9 Å². The van der Waals surface area contributed by atoms with Crippen LogP contribution in [0.15, 0.2) is 56.7 Å². The fourth-order valence-corrected chi connectivity index (χ4v) is 5.61. The first-order chi connectivity index (χ1) is 17.9. The van der Waals surface area contributed by atoms with Gasteiger partial charge in [-0.2, -0.15) is 0 Å². The van der Waals surface area contributed by atoms with Crippen molar-refractivity contribution in [1.29, 1.82) is 0 Å². The van der Waals surface area contributed by atoms with Gasteiger partial charge in [-0.25, -0.2) is 23.9 Å². The summed E-state index contributed by atoms with van der Waals surface area (Å²) in [6.45, 7) is 1.67. The maximum atomic E-state index is 14.6. The van der Waals surface area contributed by atoms with Gasteiger partial charge in [-0.05, 0) is 55.7 Å². The van der Waals surface area contributed by atoms with Crippen LogP contribution in [0.5, 0.6) is 0 Å². The van der Waals surface area contributed by atoms with E-state index in [0.717, 1.165) is 6.26 Å². The minimum absolute atomic E-state index is 0.0246. The van der Waals surface area contributed by atoms with E-state index in [2.05, 4.69) is 15.3 Å². The number of carboxylic acid groups (broad SMARTS) is 1. The van der Waals surface area contributed by atoms with Crippen molar-refractivity contribution in [2.75, 3.05) is 7.11 Å². The number of hydrogen-bond acceptors (Lipinski definition) is 9. The third-order valence-electron chi connectivity index (χ3n) is 6.94. The molecular formula is C26H25FN4O5S. The van der Waals surface area contributed by atoms with Gasteiger partial charge in [0.2, 0.25) is 0 Å². The molecule has 1 saturated carbocycles. The van der Waals surface area contributed by atoms with Gasteiger partial charge < -0.3 is 19.6 Å².